The Bertz CT molecular complexity index is 560. The van der Waals surface area contributed by atoms with E-state index in [0.717, 1.165) is 15.6 Å². The van der Waals surface area contributed by atoms with Gasteiger partial charge in [-0.2, -0.15) is 0 Å². The third-order valence-corrected chi connectivity index (χ3v) is 5.69. The van der Waals surface area contributed by atoms with Crippen molar-refractivity contribution in [3.8, 4) is 0 Å². The number of carboxylic acids is 1. The summed E-state index contributed by atoms with van der Waals surface area (Å²) in [5.74, 6) is -1.22. The van der Waals surface area contributed by atoms with E-state index in [1.165, 1.54) is 12.4 Å². The fourth-order valence-electron chi connectivity index (χ4n) is 1.45. The Morgan fingerprint density at radius 2 is 2.22 bits per heavy atom. The van der Waals surface area contributed by atoms with Crippen LogP contribution in [0.2, 0.25) is 0 Å². The Labute approximate surface area is 110 Å². The molecule has 0 amide bonds. The van der Waals surface area contributed by atoms with Crippen LogP contribution in [0, 0.1) is 6.92 Å². The molecule has 0 fully saturated rings. The van der Waals surface area contributed by atoms with Gasteiger partial charge in [0.25, 0.3) is 0 Å². The minimum Gasteiger partial charge on any atom is -0.477 e. The average Bonchev–Trinajstić information content (AvgIpc) is 2.68. The van der Waals surface area contributed by atoms with E-state index in [1.54, 1.807) is 13.0 Å². The number of rotatable bonds is 6. The van der Waals surface area contributed by atoms with Crippen molar-refractivity contribution < 1.29 is 18.3 Å². The highest BCUT2D eigenvalue weighted by molar-refractivity contribution is 7.89. The second-order valence-corrected chi connectivity index (χ2v) is 6.65. The highest BCUT2D eigenvalue weighted by atomic mass is 32.2. The Kier molecular flexibility index (Phi) is 4.66. The van der Waals surface area contributed by atoms with Gasteiger partial charge in [-0.15, -0.1) is 17.9 Å². The lowest BCUT2D eigenvalue weighted by molar-refractivity contribution is 0.0698. The summed E-state index contributed by atoms with van der Waals surface area (Å²) in [6.07, 6.45) is 2.13. The number of carbonyl (C=O) groups is 1. The number of nitrogens with zero attached hydrogens (tertiary/aromatic N) is 1. The van der Waals surface area contributed by atoms with E-state index in [-0.39, 0.29) is 16.3 Å². The molecule has 7 heteroatoms. The van der Waals surface area contributed by atoms with Crippen molar-refractivity contribution in [2.75, 3.05) is 13.6 Å². The molecule has 0 spiro atoms. The van der Waals surface area contributed by atoms with Crippen LogP contribution in [0.25, 0.3) is 0 Å². The maximum Gasteiger partial charge on any atom is 0.347 e. The maximum absolute atomic E-state index is 12.3. The summed E-state index contributed by atoms with van der Waals surface area (Å²) in [7, 11) is -2.33. The summed E-state index contributed by atoms with van der Waals surface area (Å²) in [4.78, 5) is 10.8. The molecule has 100 valence electrons. The first-order valence-corrected chi connectivity index (χ1v) is 7.53. The Balaban J connectivity index is 3.23. The van der Waals surface area contributed by atoms with Crippen LogP contribution in [0.1, 0.15) is 21.7 Å². The minimum absolute atomic E-state index is 0.105. The normalized spacial score (nSPS) is 11.7. The molecule has 1 aromatic rings. The van der Waals surface area contributed by atoms with Gasteiger partial charge < -0.3 is 5.11 Å². The quantitative estimate of drug-likeness (QED) is 0.812. The summed E-state index contributed by atoms with van der Waals surface area (Å²) < 4.78 is 25.7. The Morgan fingerprint density at radius 3 is 2.72 bits per heavy atom. The predicted octanol–water partition coefficient (Wildman–Crippen LogP) is 1.95. The van der Waals surface area contributed by atoms with Crippen molar-refractivity contribution in [1.82, 2.24) is 4.31 Å². The monoisotopic (exact) mass is 289 g/mol. The van der Waals surface area contributed by atoms with Gasteiger partial charge in [0.05, 0.1) is 0 Å². The van der Waals surface area contributed by atoms with Gasteiger partial charge >= 0.3 is 5.97 Å². The van der Waals surface area contributed by atoms with Crippen LogP contribution in [0.3, 0.4) is 0 Å². The molecule has 0 aromatic carbocycles. The van der Waals surface area contributed by atoms with Crippen molar-refractivity contribution in [2.45, 2.75) is 18.2 Å². The van der Waals surface area contributed by atoms with Crippen LogP contribution < -0.4 is 0 Å². The van der Waals surface area contributed by atoms with Crippen molar-refractivity contribution in [3.05, 3.63) is 28.5 Å². The van der Waals surface area contributed by atoms with Crippen LogP contribution in [0.5, 0.6) is 0 Å². The molecular formula is C11H15NO4S2. The molecule has 0 radical (unpaired) electrons. The van der Waals surface area contributed by atoms with Gasteiger partial charge in [0, 0.05) is 13.6 Å². The number of sulfonamides is 1. The fraction of sp³-hybridized carbons (Fsp3) is 0.364. The highest BCUT2D eigenvalue weighted by Crippen LogP contribution is 2.29. The van der Waals surface area contributed by atoms with Gasteiger partial charge in [-0.3, -0.25) is 0 Å². The number of aryl methyl sites for hydroxylation is 1. The topological polar surface area (TPSA) is 74.7 Å². The van der Waals surface area contributed by atoms with Gasteiger partial charge in [0.15, 0.2) is 0 Å². The standard InChI is InChI=1S/C11H15NO4S2/c1-4-5-6-12(3)18(15,16)10-8(2)7-17-9(10)11(13)14/h4,7H,1,5-6H2,2-3H3,(H,13,14). The molecule has 1 N–H and O–H groups in total. The van der Waals surface area contributed by atoms with Crippen molar-refractivity contribution >= 4 is 27.3 Å². The molecular weight excluding hydrogens is 274 g/mol. The minimum atomic E-state index is -3.76. The first-order valence-electron chi connectivity index (χ1n) is 5.21. The Morgan fingerprint density at radius 1 is 1.61 bits per heavy atom. The molecule has 0 bridgehead atoms. The molecule has 0 atom stereocenters. The summed E-state index contributed by atoms with van der Waals surface area (Å²) in [6, 6.07) is 0. The fourth-order valence-corrected chi connectivity index (χ4v) is 4.21. The van der Waals surface area contributed by atoms with Gasteiger partial charge in [0.1, 0.15) is 9.77 Å². The van der Waals surface area contributed by atoms with Gasteiger partial charge in [-0.1, -0.05) is 6.08 Å². The molecule has 0 aliphatic heterocycles. The van der Waals surface area contributed by atoms with Gasteiger partial charge in [0.2, 0.25) is 10.0 Å². The lowest BCUT2D eigenvalue weighted by Gasteiger charge is -2.16. The van der Waals surface area contributed by atoms with E-state index in [9.17, 15) is 13.2 Å². The molecule has 1 rings (SSSR count). The van der Waals surface area contributed by atoms with E-state index in [0.29, 0.717) is 12.0 Å². The lowest BCUT2D eigenvalue weighted by atomic mass is 10.3. The number of carboxylic acid groups (broad SMARTS) is 1. The zero-order valence-corrected chi connectivity index (χ0v) is 11.8. The second kappa shape index (κ2) is 5.64. The second-order valence-electron chi connectivity index (χ2n) is 3.79. The largest absolute Gasteiger partial charge is 0.477 e. The number of hydrogen-bond acceptors (Lipinski definition) is 4. The molecule has 1 aromatic heterocycles. The molecule has 5 nitrogen and oxygen atoms in total. The van der Waals surface area contributed by atoms with E-state index in [1.807, 2.05) is 0 Å². The van der Waals surface area contributed by atoms with Crippen LogP contribution in [0.4, 0.5) is 0 Å². The summed E-state index contributed by atoms with van der Waals surface area (Å²) in [5.41, 5.74) is 0.461. The van der Waals surface area contributed by atoms with E-state index >= 15 is 0 Å². The molecule has 0 aliphatic carbocycles. The Hall–Kier alpha value is -1.18. The number of aromatic carboxylic acids is 1. The summed E-state index contributed by atoms with van der Waals surface area (Å²) in [6.45, 7) is 5.40. The smallest absolute Gasteiger partial charge is 0.347 e. The van der Waals surface area contributed by atoms with E-state index in [4.69, 9.17) is 5.11 Å². The van der Waals surface area contributed by atoms with E-state index < -0.39 is 16.0 Å². The van der Waals surface area contributed by atoms with Crippen molar-refractivity contribution in [3.63, 3.8) is 0 Å². The van der Waals surface area contributed by atoms with Crippen LogP contribution >= 0.6 is 11.3 Å². The average molecular weight is 289 g/mol. The van der Waals surface area contributed by atoms with Crippen molar-refractivity contribution in [1.29, 1.82) is 0 Å². The molecule has 0 aliphatic rings. The molecule has 0 saturated carbocycles. The zero-order valence-electron chi connectivity index (χ0n) is 10.2. The van der Waals surface area contributed by atoms with Gasteiger partial charge in [-0.05, 0) is 24.3 Å². The first kappa shape index (κ1) is 14.9. The molecule has 18 heavy (non-hydrogen) atoms. The molecule has 0 unspecified atom stereocenters. The third kappa shape index (κ3) is 2.80. The SMILES string of the molecule is C=CCCN(C)S(=O)(=O)c1c(C)csc1C(=O)O. The lowest BCUT2D eigenvalue weighted by Crippen LogP contribution is -2.29. The van der Waals surface area contributed by atoms with Gasteiger partial charge in [-0.25, -0.2) is 17.5 Å². The summed E-state index contributed by atoms with van der Waals surface area (Å²) in [5, 5.41) is 10.6. The van der Waals surface area contributed by atoms with Crippen LogP contribution in [0.15, 0.2) is 22.9 Å². The van der Waals surface area contributed by atoms with Crippen LogP contribution in [-0.4, -0.2) is 37.4 Å². The molecule has 1 heterocycles. The van der Waals surface area contributed by atoms with Crippen LogP contribution in [-0.2, 0) is 10.0 Å². The predicted molar refractivity (Wildman–Crippen MR) is 70.6 cm³/mol. The number of hydrogen-bond donors (Lipinski definition) is 1. The maximum atomic E-state index is 12.3. The van der Waals surface area contributed by atoms with E-state index in [2.05, 4.69) is 6.58 Å². The molecule has 0 saturated heterocycles. The first-order chi connectivity index (χ1) is 8.32. The highest BCUT2D eigenvalue weighted by Gasteiger charge is 2.29. The zero-order chi connectivity index (χ0) is 13.9. The number of thiophene rings is 1. The summed E-state index contributed by atoms with van der Waals surface area (Å²) >= 11 is 0.927. The van der Waals surface area contributed by atoms with Crippen molar-refractivity contribution in [2.24, 2.45) is 0 Å². The third-order valence-electron chi connectivity index (χ3n) is 2.43.